The molecule has 3 aromatic carbocycles. The number of hydrogen-bond donors (Lipinski definition) is 3. The quantitative estimate of drug-likeness (QED) is 0.260. The highest BCUT2D eigenvalue weighted by Gasteiger charge is 2.24. The van der Waals surface area contributed by atoms with E-state index in [1.165, 1.54) is 0 Å². The van der Waals surface area contributed by atoms with Crippen molar-refractivity contribution in [1.29, 1.82) is 0 Å². The third-order valence-electron chi connectivity index (χ3n) is 7.14. The summed E-state index contributed by atoms with van der Waals surface area (Å²) in [6, 6.07) is 21.4. The highest BCUT2D eigenvalue weighted by Crippen LogP contribution is 2.30. The highest BCUT2D eigenvalue weighted by molar-refractivity contribution is 7.89. The van der Waals surface area contributed by atoms with Gasteiger partial charge in [-0.3, -0.25) is 0 Å². The molecule has 5 rings (SSSR count). The Morgan fingerprint density at radius 1 is 0.838 bits per heavy atom. The Morgan fingerprint density at radius 2 is 1.51 bits per heavy atom. The normalized spacial score (nSPS) is 18.4. The summed E-state index contributed by atoms with van der Waals surface area (Å²) >= 11 is 0. The van der Waals surface area contributed by atoms with Crippen molar-refractivity contribution in [3.8, 4) is 0 Å². The molecule has 0 spiro atoms. The van der Waals surface area contributed by atoms with Gasteiger partial charge in [0.2, 0.25) is 16.0 Å². The molecule has 1 fully saturated rings. The molecular formula is C29H35N5O2S. The van der Waals surface area contributed by atoms with Crippen LogP contribution in [0.4, 0.5) is 11.8 Å². The van der Waals surface area contributed by atoms with Crippen molar-refractivity contribution in [2.45, 2.75) is 50.5 Å². The number of nitrogens with one attached hydrogen (secondary N) is 3. The van der Waals surface area contributed by atoms with Crippen molar-refractivity contribution in [2.24, 2.45) is 11.8 Å². The van der Waals surface area contributed by atoms with Crippen LogP contribution in [0.15, 0.2) is 71.6 Å². The van der Waals surface area contributed by atoms with E-state index in [0.29, 0.717) is 29.2 Å². The van der Waals surface area contributed by atoms with Gasteiger partial charge < -0.3 is 10.6 Å². The minimum atomic E-state index is -3.53. The summed E-state index contributed by atoms with van der Waals surface area (Å²) < 4.78 is 28.6. The fourth-order valence-corrected chi connectivity index (χ4v) is 6.21. The van der Waals surface area contributed by atoms with Crippen molar-refractivity contribution in [2.75, 3.05) is 23.7 Å². The molecule has 0 saturated heterocycles. The minimum absolute atomic E-state index is 0.278. The fourth-order valence-electron chi connectivity index (χ4n) is 5.06. The zero-order chi connectivity index (χ0) is 25.8. The monoisotopic (exact) mass is 517 g/mol. The van der Waals surface area contributed by atoms with Crippen LogP contribution < -0.4 is 15.4 Å². The number of sulfonamides is 1. The van der Waals surface area contributed by atoms with Crippen LogP contribution in [0.1, 0.15) is 39.5 Å². The van der Waals surface area contributed by atoms with Crippen molar-refractivity contribution in [3.63, 3.8) is 0 Å². The largest absolute Gasteiger partial charge is 0.367 e. The van der Waals surface area contributed by atoms with E-state index >= 15 is 0 Å². The van der Waals surface area contributed by atoms with Crippen LogP contribution in [0.5, 0.6) is 0 Å². The molecule has 0 amide bonds. The van der Waals surface area contributed by atoms with Gasteiger partial charge in [-0.25, -0.2) is 18.1 Å². The summed E-state index contributed by atoms with van der Waals surface area (Å²) in [5.74, 6) is 2.37. The van der Waals surface area contributed by atoms with Crippen molar-refractivity contribution >= 4 is 43.5 Å². The molecule has 0 bridgehead atoms. The van der Waals surface area contributed by atoms with E-state index in [4.69, 9.17) is 9.97 Å². The molecule has 1 aliphatic rings. The predicted molar refractivity (Wildman–Crippen MR) is 151 cm³/mol. The van der Waals surface area contributed by atoms with E-state index in [2.05, 4.69) is 29.2 Å². The molecule has 1 aromatic heterocycles. The van der Waals surface area contributed by atoms with E-state index in [1.807, 2.05) is 54.6 Å². The van der Waals surface area contributed by atoms with E-state index in [0.717, 1.165) is 59.7 Å². The van der Waals surface area contributed by atoms with Crippen molar-refractivity contribution in [1.82, 2.24) is 14.7 Å². The Labute approximate surface area is 219 Å². The Hall–Kier alpha value is -3.23. The molecule has 3 N–H and O–H groups in total. The average Bonchev–Trinajstić information content (AvgIpc) is 2.91. The Kier molecular flexibility index (Phi) is 7.58. The SMILES string of the molecule is CC(C)Nc1nc(NC[C@H]2CC[C@H](CNS(=O)(=O)c3ccc4ccccc4c3)CC2)nc2ccccc12. The number of para-hydroxylation sites is 1. The van der Waals surface area contributed by atoms with E-state index < -0.39 is 10.0 Å². The topological polar surface area (TPSA) is 96.0 Å². The maximum atomic E-state index is 12.9. The molecule has 37 heavy (non-hydrogen) atoms. The summed E-state index contributed by atoms with van der Waals surface area (Å²) in [5.41, 5.74) is 0.922. The second-order valence-electron chi connectivity index (χ2n) is 10.3. The number of anilines is 2. The summed E-state index contributed by atoms with van der Waals surface area (Å²) in [6.07, 6.45) is 4.12. The molecule has 8 heteroatoms. The molecule has 1 heterocycles. The molecule has 1 aliphatic carbocycles. The maximum absolute atomic E-state index is 12.9. The third kappa shape index (κ3) is 6.19. The maximum Gasteiger partial charge on any atom is 0.240 e. The van der Waals surface area contributed by atoms with Gasteiger partial charge in [-0.15, -0.1) is 0 Å². The van der Waals surface area contributed by atoms with E-state index in [9.17, 15) is 8.42 Å². The zero-order valence-corrected chi connectivity index (χ0v) is 22.3. The van der Waals surface area contributed by atoms with Gasteiger partial charge in [-0.2, -0.15) is 4.98 Å². The van der Waals surface area contributed by atoms with Crippen LogP contribution in [-0.4, -0.2) is 37.5 Å². The first-order valence-electron chi connectivity index (χ1n) is 13.1. The number of aromatic nitrogens is 2. The minimum Gasteiger partial charge on any atom is -0.367 e. The van der Waals surface area contributed by atoms with E-state index in [1.54, 1.807) is 12.1 Å². The van der Waals surface area contributed by atoms with Crippen LogP contribution >= 0.6 is 0 Å². The summed E-state index contributed by atoms with van der Waals surface area (Å²) in [7, 11) is -3.53. The van der Waals surface area contributed by atoms with Crippen LogP contribution in [-0.2, 0) is 10.0 Å². The zero-order valence-electron chi connectivity index (χ0n) is 21.4. The molecular weight excluding hydrogens is 482 g/mol. The van der Waals surface area contributed by atoms with Crippen LogP contribution in [0.25, 0.3) is 21.7 Å². The number of fused-ring (bicyclic) bond motifs is 2. The first kappa shape index (κ1) is 25.4. The number of hydrogen-bond acceptors (Lipinski definition) is 6. The lowest BCUT2D eigenvalue weighted by Crippen LogP contribution is -2.32. The number of rotatable bonds is 9. The number of nitrogens with zero attached hydrogens (tertiary/aromatic N) is 2. The van der Waals surface area contributed by atoms with Crippen molar-refractivity contribution < 1.29 is 8.42 Å². The Balaban J connectivity index is 1.13. The second kappa shape index (κ2) is 11.0. The van der Waals surface area contributed by atoms with Gasteiger partial charge in [-0.1, -0.05) is 42.5 Å². The molecule has 0 radical (unpaired) electrons. The molecule has 0 aliphatic heterocycles. The lowest BCUT2D eigenvalue weighted by Gasteiger charge is -2.28. The molecule has 4 aromatic rings. The average molecular weight is 518 g/mol. The van der Waals surface area contributed by atoms with Gasteiger partial charge in [0.25, 0.3) is 0 Å². The highest BCUT2D eigenvalue weighted by atomic mass is 32.2. The Bertz CT molecular complexity index is 1480. The summed E-state index contributed by atoms with van der Waals surface area (Å²) in [4.78, 5) is 9.77. The van der Waals surface area contributed by atoms with Gasteiger partial charge in [0.05, 0.1) is 10.4 Å². The summed E-state index contributed by atoms with van der Waals surface area (Å²) in [6.45, 7) is 5.50. The van der Waals surface area contributed by atoms with Crippen molar-refractivity contribution in [3.05, 3.63) is 66.7 Å². The third-order valence-corrected chi connectivity index (χ3v) is 8.56. The first-order valence-corrected chi connectivity index (χ1v) is 14.6. The molecule has 0 unspecified atom stereocenters. The standard InChI is InChI=1S/C29H35N5O2S/c1-20(2)32-28-26-9-5-6-10-27(26)33-29(34-28)30-18-21-11-13-22(14-12-21)19-31-37(35,36)25-16-15-23-7-3-4-8-24(23)17-25/h3-10,15-17,20-22,31H,11-14,18-19H2,1-2H3,(H2,30,32,33,34)/t21-,22-. The second-order valence-corrected chi connectivity index (χ2v) is 12.1. The van der Waals surface area contributed by atoms with Crippen LogP contribution in [0.3, 0.4) is 0 Å². The first-order chi connectivity index (χ1) is 17.9. The molecule has 7 nitrogen and oxygen atoms in total. The lowest BCUT2D eigenvalue weighted by atomic mass is 9.82. The predicted octanol–water partition coefficient (Wildman–Crippen LogP) is 5.80. The van der Waals surface area contributed by atoms with Gasteiger partial charge in [0.15, 0.2) is 0 Å². The van der Waals surface area contributed by atoms with Gasteiger partial charge in [0, 0.05) is 24.5 Å². The molecule has 1 saturated carbocycles. The molecule has 0 atom stereocenters. The lowest BCUT2D eigenvalue weighted by molar-refractivity contribution is 0.284. The summed E-state index contributed by atoms with van der Waals surface area (Å²) in [5, 5.41) is 9.87. The van der Waals surface area contributed by atoms with Gasteiger partial charge >= 0.3 is 0 Å². The number of benzene rings is 3. The Morgan fingerprint density at radius 3 is 2.27 bits per heavy atom. The fraction of sp³-hybridized carbons (Fsp3) is 0.379. The molecule has 194 valence electrons. The van der Waals surface area contributed by atoms with Gasteiger partial charge in [0.1, 0.15) is 5.82 Å². The van der Waals surface area contributed by atoms with Gasteiger partial charge in [-0.05, 0) is 86.4 Å². The van der Waals surface area contributed by atoms with Crippen LogP contribution in [0, 0.1) is 11.8 Å². The van der Waals surface area contributed by atoms with Crippen LogP contribution in [0.2, 0.25) is 0 Å². The van der Waals surface area contributed by atoms with E-state index in [-0.39, 0.29) is 6.04 Å². The smallest absolute Gasteiger partial charge is 0.240 e.